The van der Waals surface area contributed by atoms with Gasteiger partial charge in [0.25, 0.3) is 0 Å². The molecule has 0 radical (unpaired) electrons. The highest BCUT2D eigenvalue weighted by Crippen LogP contribution is 2.23. The lowest BCUT2D eigenvalue weighted by Crippen LogP contribution is -2.34. The smallest absolute Gasteiger partial charge is 0.240 e. The SMILES string of the molecule is COc1cc(C[C@@H](C)NS(=O)(=O)c2ccc(C)cc2)cc(OC)c1. The summed E-state index contributed by atoms with van der Waals surface area (Å²) in [4.78, 5) is 0.267. The molecule has 2 rings (SSSR count). The Morgan fingerprint density at radius 3 is 2.04 bits per heavy atom. The molecule has 2 aromatic rings. The lowest BCUT2D eigenvalue weighted by molar-refractivity contribution is 0.393. The summed E-state index contributed by atoms with van der Waals surface area (Å²) in [6, 6.07) is 12.0. The molecule has 5 nitrogen and oxygen atoms in total. The number of aryl methyl sites for hydroxylation is 1. The second-order valence-electron chi connectivity index (χ2n) is 5.76. The molecule has 0 aliphatic carbocycles. The third-order valence-corrected chi connectivity index (χ3v) is 5.25. The Morgan fingerprint density at radius 1 is 1.00 bits per heavy atom. The monoisotopic (exact) mass is 349 g/mol. The Labute approximate surface area is 143 Å². The normalized spacial score (nSPS) is 12.7. The molecule has 0 aromatic heterocycles. The molecule has 0 aliphatic rings. The first-order valence-electron chi connectivity index (χ1n) is 7.65. The summed E-state index contributed by atoms with van der Waals surface area (Å²) in [6.07, 6.45) is 0.526. The molecule has 0 unspecified atom stereocenters. The largest absolute Gasteiger partial charge is 0.497 e. The van der Waals surface area contributed by atoms with Crippen molar-refractivity contribution in [2.75, 3.05) is 14.2 Å². The van der Waals surface area contributed by atoms with Gasteiger partial charge in [-0.15, -0.1) is 0 Å². The Hall–Kier alpha value is -2.05. The molecule has 1 atom stereocenters. The molecule has 0 bridgehead atoms. The summed E-state index contributed by atoms with van der Waals surface area (Å²) >= 11 is 0. The highest BCUT2D eigenvalue weighted by Gasteiger charge is 2.17. The maximum atomic E-state index is 12.4. The van der Waals surface area contributed by atoms with Gasteiger partial charge in [0.15, 0.2) is 0 Å². The molecule has 0 saturated heterocycles. The second kappa shape index (κ2) is 7.68. The van der Waals surface area contributed by atoms with Crippen molar-refractivity contribution >= 4 is 10.0 Å². The van der Waals surface area contributed by atoms with Crippen molar-refractivity contribution in [3.63, 3.8) is 0 Å². The number of hydrogen-bond donors (Lipinski definition) is 1. The minimum Gasteiger partial charge on any atom is -0.497 e. The quantitative estimate of drug-likeness (QED) is 0.835. The molecule has 0 spiro atoms. The van der Waals surface area contributed by atoms with Gasteiger partial charge in [0.2, 0.25) is 10.0 Å². The van der Waals surface area contributed by atoms with E-state index in [1.807, 2.05) is 26.0 Å². The lowest BCUT2D eigenvalue weighted by atomic mass is 10.1. The summed E-state index contributed by atoms with van der Waals surface area (Å²) in [5.41, 5.74) is 1.95. The van der Waals surface area contributed by atoms with Crippen LogP contribution >= 0.6 is 0 Å². The zero-order valence-electron chi connectivity index (χ0n) is 14.4. The molecule has 0 aliphatic heterocycles. The van der Waals surface area contributed by atoms with E-state index in [0.717, 1.165) is 11.1 Å². The van der Waals surface area contributed by atoms with Gasteiger partial charge in [-0.2, -0.15) is 0 Å². The van der Waals surface area contributed by atoms with E-state index in [2.05, 4.69) is 4.72 Å². The fourth-order valence-electron chi connectivity index (χ4n) is 2.43. The van der Waals surface area contributed by atoms with Gasteiger partial charge in [-0.05, 0) is 50.1 Å². The molecule has 1 N–H and O–H groups in total. The zero-order valence-corrected chi connectivity index (χ0v) is 15.2. The van der Waals surface area contributed by atoms with E-state index in [4.69, 9.17) is 9.47 Å². The number of rotatable bonds is 7. The first-order valence-corrected chi connectivity index (χ1v) is 9.13. The molecule has 130 valence electrons. The van der Waals surface area contributed by atoms with Crippen LogP contribution in [0.25, 0.3) is 0 Å². The molecular weight excluding hydrogens is 326 g/mol. The molecule has 0 saturated carbocycles. The zero-order chi connectivity index (χ0) is 17.7. The standard InChI is InChI=1S/C18H23NO4S/c1-13-5-7-18(8-6-13)24(20,21)19-14(2)9-15-10-16(22-3)12-17(11-15)23-4/h5-8,10-12,14,19H,9H2,1-4H3/t14-/m1/s1. The van der Waals surface area contributed by atoms with Crippen LogP contribution in [0.5, 0.6) is 11.5 Å². The molecule has 2 aromatic carbocycles. The average Bonchev–Trinajstić information content (AvgIpc) is 2.54. The van der Waals surface area contributed by atoms with Crippen LogP contribution in [0.2, 0.25) is 0 Å². The molecule has 24 heavy (non-hydrogen) atoms. The Bertz CT molecular complexity index is 763. The van der Waals surface area contributed by atoms with Gasteiger partial charge in [-0.1, -0.05) is 17.7 Å². The fourth-order valence-corrected chi connectivity index (χ4v) is 3.67. The number of benzene rings is 2. The molecule has 6 heteroatoms. The van der Waals surface area contributed by atoms with Crippen LogP contribution < -0.4 is 14.2 Å². The number of ether oxygens (including phenoxy) is 2. The van der Waals surface area contributed by atoms with Gasteiger partial charge in [0.1, 0.15) is 11.5 Å². The Morgan fingerprint density at radius 2 is 1.54 bits per heavy atom. The fraction of sp³-hybridized carbons (Fsp3) is 0.333. The lowest BCUT2D eigenvalue weighted by Gasteiger charge is -2.16. The highest BCUT2D eigenvalue weighted by atomic mass is 32.2. The van der Waals surface area contributed by atoms with Crippen molar-refractivity contribution < 1.29 is 17.9 Å². The van der Waals surface area contributed by atoms with E-state index in [-0.39, 0.29) is 10.9 Å². The summed E-state index contributed by atoms with van der Waals surface area (Å²) in [7, 11) is -0.369. The predicted molar refractivity (Wildman–Crippen MR) is 94.2 cm³/mol. The van der Waals surface area contributed by atoms with Crippen molar-refractivity contribution in [1.82, 2.24) is 4.72 Å². The van der Waals surface area contributed by atoms with Crippen LogP contribution in [0.15, 0.2) is 47.4 Å². The van der Waals surface area contributed by atoms with Crippen molar-refractivity contribution in [2.45, 2.75) is 31.2 Å². The van der Waals surface area contributed by atoms with Gasteiger partial charge in [0.05, 0.1) is 19.1 Å². The van der Waals surface area contributed by atoms with Gasteiger partial charge in [-0.3, -0.25) is 0 Å². The Kier molecular flexibility index (Phi) is 5.85. The van der Waals surface area contributed by atoms with Gasteiger partial charge >= 0.3 is 0 Å². The number of methoxy groups -OCH3 is 2. The van der Waals surface area contributed by atoms with Crippen LogP contribution in [0, 0.1) is 6.92 Å². The maximum absolute atomic E-state index is 12.4. The number of nitrogens with one attached hydrogen (secondary N) is 1. The minimum absolute atomic E-state index is 0.267. The number of sulfonamides is 1. The first-order chi connectivity index (χ1) is 11.3. The summed E-state index contributed by atoms with van der Waals surface area (Å²) < 4.78 is 38.0. The van der Waals surface area contributed by atoms with E-state index in [1.165, 1.54) is 0 Å². The first kappa shape index (κ1) is 18.3. The van der Waals surface area contributed by atoms with E-state index in [1.54, 1.807) is 44.6 Å². The van der Waals surface area contributed by atoms with Crippen LogP contribution in [-0.4, -0.2) is 28.7 Å². The summed E-state index contributed by atoms with van der Waals surface area (Å²) in [6.45, 7) is 3.75. The van der Waals surface area contributed by atoms with Crippen LogP contribution in [-0.2, 0) is 16.4 Å². The predicted octanol–water partition coefficient (Wildman–Crippen LogP) is 2.92. The highest BCUT2D eigenvalue weighted by molar-refractivity contribution is 7.89. The topological polar surface area (TPSA) is 64.6 Å². The molecule has 0 amide bonds. The van der Waals surface area contributed by atoms with Crippen LogP contribution in [0.1, 0.15) is 18.1 Å². The van der Waals surface area contributed by atoms with Crippen LogP contribution in [0.4, 0.5) is 0 Å². The van der Waals surface area contributed by atoms with E-state index < -0.39 is 10.0 Å². The van der Waals surface area contributed by atoms with E-state index in [0.29, 0.717) is 17.9 Å². The van der Waals surface area contributed by atoms with E-state index >= 15 is 0 Å². The second-order valence-corrected chi connectivity index (χ2v) is 7.47. The van der Waals surface area contributed by atoms with Crippen molar-refractivity contribution in [1.29, 1.82) is 0 Å². The number of hydrogen-bond acceptors (Lipinski definition) is 4. The van der Waals surface area contributed by atoms with Gasteiger partial charge < -0.3 is 9.47 Å². The molecular formula is C18H23NO4S. The van der Waals surface area contributed by atoms with Gasteiger partial charge in [0, 0.05) is 12.1 Å². The third kappa shape index (κ3) is 4.72. The Balaban J connectivity index is 2.12. The molecule has 0 heterocycles. The molecule has 0 fully saturated rings. The summed E-state index contributed by atoms with van der Waals surface area (Å²) in [5, 5.41) is 0. The van der Waals surface area contributed by atoms with Crippen molar-refractivity contribution in [3.8, 4) is 11.5 Å². The average molecular weight is 349 g/mol. The third-order valence-electron chi connectivity index (χ3n) is 3.64. The van der Waals surface area contributed by atoms with Gasteiger partial charge in [-0.25, -0.2) is 13.1 Å². The van der Waals surface area contributed by atoms with Crippen LogP contribution in [0.3, 0.4) is 0 Å². The maximum Gasteiger partial charge on any atom is 0.240 e. The summed E-state index contributed by atoms with van der Waals surface area (Å²) in [5.74, 6) is 1.36. The van der Waals surface area contributed by atoms with E-state index in [9.17, 15) is 8.42 Å². The minimum atomic E-state index is -3.54. The van der Waals surface area contributed by atoms with Crippen molar-refractivity contribution in [2.24, 2.45) is 0 Å². The van der Waals surface area contributed by atoms with Crippen molar-refractivity contribution in [3.05, 3.63) is 53.6 Å².